The van der Waals surface area contributed by atoms with E-state index < -0.39 is 78.1 Å². The Labute approximate surface area is 259 Å². The first-order valence-electron chi connectivity index (χ1n) is 14.0. The van der Waals surface area contributed by atoms with Gasteiger partial charge >= 0.3 is 12.4 Å². The number of phenols is 1. The SMILES string of the molecule is CC/C(=C\c1ccc(O)cc1Cl)CC[C@@H](O)C1=C(CO)C[C@H]2C(=O)N(c3cc(C(F)(F)F)cc(C(F)(F)F)c3)C(=O)[C@H]2[C@H]1CO. The molecule has 4 N–H and O–H groups in total. The molecule has 1 fully saturated rings. The Morgan fingerprint density at radius 1 is 1.02 bits per heavy atom. The van der Waals surface area contributed by atoms with Crippen LogP contribution in [0.5, 0.6) is 5.75 Å². The Kier molecular flexibility index (Phi) is 10.1. The number of aliphatic hydroxyl groups is 3. The van der Waals surface area contributed by atoms with Crippen molar-refractivity contribution in [1.82, 2.24) is 0 Å². The van der Waals surface area contributed by atoms with Crippen LogP contribution < -0.4 is 4.90 Å². The highest BCUT2D eigenvalue weighted by molar-refractivity contribution is 6.32. The fraction of sp³-hybridized carbons (Fsp3) is 0.419. The van der Waals surface area contributed by atoms with Crippen LogP contribution in [-0.4, -0.2) is 51.6 Å². The highest BCUT2D eigenvalue weighted by Gasteiger charge is 2.55. The second-order valence-corrected chi connectivity index (χ2v) is 11.4. The van der Waals surface area contributed by atoms with E-state index in [-0.39, 0.29) is 52.8 Å². The van der Waals surface area contributed by atoms with Crippen LogP contribution in [0.4, 0.5) is 32.0 Å². The molecule has 2 aromatic rings. The standard InChI is InChI=1S/C31H30ClF6NO6/c1-2-15(7-16-4-5-21(42)12-24(16)32)3-6-25(43)26-17(13-40)8-22-27(23(26)14-41)29(45)39(28(22)44)20-10-18(30(33,34)35)9-19(11-20)31(36,37)38/h4-5,7,9-12,22-23,25,27,40-43H,2-3,6,8,13-14H2,1H3/b15-7+/t22-,23+,25-,27-/m1/s1. The number of carbonyl (C=O) groups is 2. The monoisotopic (exact) mass is 661 g/mol. The average Bonchev–Trinajstić information content (AvgIpc) is 3.22. The van der Waals surface area contributed by atoms with Crippen molar-refractivity contribution in [2.24, 2.45) is 17.8 Å². The molecular formula is C31H30ClF6NO6. The maximum atomic E-state index is 13.6. The lowest BCUT2D eigenvalue weighted by Gasteiger charge is -2.36. The predicted octanol–water partition coefficient (Wildman–Crippen LogP) is 6.12. The van der Waals surface area contributed by atoms with E-state index in [0.717, 1.165) is 5.57 Å². The highest BCUT2D eigenvalue weighted by Crippen LogP contribution is 2.48. The van der Waals surface area contributed by atoms with Crippen molar-refractivity contribution >= 4 is 35.2 Å². The quantitative estimate of drug-likeness (QED) is 0.146. The first kappa shape index (κ1) is 34.5. The smallest absolute Gasteiger partial charge is 0.416 e. The molecule has 45 heavy (non-hydrogen) atoms. The molecule has 1 heterocycles. The van der Waals surface area contributed by atoms with Crippen LogP contribution in [0, 0.1) is 17.8 Å². The maximum Gasteiger partial charge on any atom is 0.416 e. The topological polar surface area (TPSA) is 118 Å². The molecule has 7 nitrogen and oxygen atoms in total. The van der Waals surface area contributed by atoms with Gasteiger partial charge in [-0.3, -0.25) is 9.59 Å². The zero-order valence-electron chi connectivity index (χ0n) is 23.8. The van der Waals surface area contributed by atoms with E-state index in [1.165, 1.54) is 12.1 Å². The van der Waals surface area contributed by atoms with Gasteiger partial charge in [0.1, 0.15) is 5.75 Å². The summed E-state index contributed by atoms with van der Waals surface area (Å²) in [6.07, 6.45) is -9.38. The van der Waals surface area contributed by atoms with Gasteiger partial charge in [0.25, 0.3) is 0 Å². The molecule has 2 aliphatic rings. The summed E-state index contributed by atoms with van der Waals surface area (Å²) in [6, 6.07) is 4.87. The molecule has 2 aromatic carbocycles. The summed E-state index contributed by atoms with van der Waals surface area (Å²) in [5.41, 5.74) is -2.64. The number of benzene rings is 2. The number of fused-ring (bicyclic) bond motifs is 1. The van der Waals surface area contributed by atoms with Gasteiger partial charge in [-0.1, -0.05) is 30.2 Å². The van der Waals surface area contributed by atoms with E-state index in [2.05, 4.69) is 0 Å². The molecule has 0 aromatic heterocycles. The fourth-order valence-electron chi connectivity index (χ4n) is 6.11. The van der Waals surface area contributed by atoms with Crippen molar-refractivity contribution in [2.75, 3.05) is 18.1 Å². The number of carbonyl (C=O) groups excluding carboxylic acids is 2. The number of alkyl halides is 6. The van der Waals surface area contributed by atoms with Gasteiger partial charge in [0.15, 0.2) is 0 Å². The number of anilines is 1. The predicted molar refractivity (Wildman–Crippen MR) is 152 cm³/mol. The summed E-state index contributed by atoms with van der Waals surface area (Å²) >= 11 is 6.19. The molecule has 2 amide bonds. The fourth-order valence-corrected chi connectivity index (χ4v) is 6.34. The molecule has 14 heteroatoms. The highest BCUT2D eigenvalue weighted by atomic mass is 35.5. The van der Waals surface area contributed by atoms with E-state index in [0.29, 0.717) is 23.4 Å². The number of phenolic OH excluding ortho intramolecular Hbond substituents is 1. The van der Waals surface area contributed by atoms with Crippen molar-refractivity contribution in [1.29, 1.82) is 0 Å². The Morgan fingerprint density at radius 2 is 1.64 bits per heavy atom. The molecule has 244 valence electrons. The molecule has 4 rings (SSSR count). The van der Waals surface area contributed by atoms with Gasteiger partial charge in [0, 0.05) is 5.92 Å². The number of imide groups is 1. The van der Waals surface area contributed by atoms with Crippen molar-refractivity contribution < 1.29 is 56.4 Å². The molecule has 0 radical (unpaired) electrons. The van der Waals surface area contributed by atoms with Crippen molar-refractivity contribution in [3.05, 3.63) is 74.8 Å². The number of halogens is 7. The summed E-state index contributed by atoms with van der Waals surface area (Å²) in [7, 11) is 0. The van der Waals surface area contributed by atoms with Crippen molar-refractivity contribution in [3.63, 3.8) is 0 Å². The number of aliphatic hydroxyl groups excluding tert-OH is 3. The summed E-state index contributed by atoms with van der Waals surface area (Å²) in [4.78, 5) is 27.3. The van der Waals surface area contributed by atoms with Gasteiger partial charge in [0.05, 0.1) is 53.0 Å². The van der Waals surface area contributed by atoms with Crippen LogP contribution in [0.15, 0.2) is 53.1 Å². The largest absolute Gasteiger partial charge is 0.508 e. The number of hydrogen-bond donors (Lipinski definition) is 4. The van der Waals surface area contributed by atoms with E-state index >= 15 is 0 Å². The number of amides is 2. The Hall–Kier alpha value is -3.39. The number of allylic oxidation sites excluding steroid dienone is 1. The van der Waals surface area contributed by atoms with Gasteiger partial charge in [-0.2, -0.15) is 26.3 Å². The molecule has 4 atom stereocenters. The molecule has 1 saturated heterocycles. The van der Waals surface area contributed by atoms with Gasteiger partial charge in [0.2, 0.25) is 11.8 Å². The summed E-state index contributed by atoms with van der Waals surface area (Å²) in [5, 5.41) is 41.6. The van der Waals surface area contributed by atoms with Crippen LogP contribution in [0.25, 0.3) is 6.08 Å². The van der Waals surface area contributed by atoms with Gasteiger partial charge in [-0.05, 0) is 78.8 Å². The zero-order chi connectivity index (χ0) is 33.4. The van der Waals surface area contributed by atoms with Crippen molar-refractivity contribution in [2.45, 2.75) is 51.1 Å². The van der Waals surface area contributed by atoms with Crippen LogP contribution >= 0.6 is 11.6 Å². The third kappa shape index (κ3) is 7.06. The number of nitrogens with zero attached hydrogens (tertiary/aromatic N) is 1. The van der Waals surface area contributed by atoms with Gasteiger partial charge in [-0.25, -0.2) is 4.90 Å². The van der Waals surface area contributed by atoms with Gasteiger partial charge in [-0.15, -0.1) is 0 Å². The van der Waals surface area contributed by atoms with Crippen LogP contribution in [-0.2, 0) is 21.9 Å². The lowest BCUT2D eigenvalue weighted by Crippen LogP contribution is -2.39. The van der Waals surface area contributed by atoms with Crippen LogP contribution in [0.1, 0.15) is 49.3 Å². The minimum atomic E-state index is -5.22. The Balaban J connectivity index is 1.65. The second-order valence-electron chi connectivity index (χ2n) is 11.0. The molecule has 0 saturated carbocycles. The van der Waals surface area contributed by atoms with E-state index in [1.807, 2.05) is 6.92 Å². The molecule has 1 aliphatic heterocycles. The van der Waals surface area contributed by atoms with E-state index in [4.69, 9.17) is 11.6 Å². The lowest BCUT2D eigenvalue weighted by molar-refractivity contribution is -0.143. The Bertz CT molecular complexity index is 1500. The third-order valence-corrected chi connectivity index (χ3v) is 8.63. The first-order chi connectivity index (χ1) is 21.0. The second kappa shape index (κ2) is 13.1. The minimum Gasteiger partial charge on any atom is -0.508 e. The number of rotatable bonds is 9. The molecule has 0 spiro atoms. The normalized spacial score (nSPS) is 21.9. The lowest BCUT2D eigenvalue weighted by atomic mass is 9.68. The third-order valence-electron chi connectivity index (χ3n) is 8.30. The van der Waals surface area contributed by atoms with Gasteiger partial charge < -0.3 is 20.4 Å². The maximum absolute atomic E-state index is 13.6. The zero-order valence-corrected chi connectivity index (χ0v) is 24.5. The Morgan fingerprint density at radius 3 is 2.16 bits per heavy atom. The minimum absolute atomic E-state index is 0.0212. The number of hydrogen-bond acceptors (Lipinski definition) is 6. The molecule has 1 aliphatic carbocycles. The first-order valence-corrected chi connectivity index (χ1v) is 14.4. The van der Waals surface area contributed by atoms with E-state index in [9.17, 15) is 56.4 Å². The van der Waals surface area contributed by atoms with Crippen molar-refractivity contribution in [3.8, 4) is 5.75 Å². The van der Waals surface area contributed by atoms with Crippen LogP contribution in [0.2, 0.25) is 5.02 Å². The number of aromatic hydroxyl groups is 1. The van der Waals surface area contributed by atoms with Crippen LogP contribution in [0.3, 0.4) is 0 Å². The molecule has 0 unspecified atom stereocenters. The molecular weight excluding hydrogens is 632 g/mol. The molecule has 0 bridgehead atoms. The summed E-state index contributed by atoms with van der Waals surface area (Å²) in [6.45, 7) is 0.400. The average molecular weight is 662 g/mol. The van der Waals surface area contributed by atoms with E-state index in [1.54, 1.807) is 12.1 Å². The summed E-state index contributed by atoms with van der Waals surface area (Å²) < 4.78 is 81.0. The summed E-state index contributed by atoms with van der Waals surface area (Å²) in [5.74, 6) is -6.14.